The molecule has 25 heavy (non-hydrogen) atoms. The van der Waals surface area contributed by atoms with E-state index in [1.807, 2.05) is 0 Å². The summed E-state index contributed by atoms with van der Waals surface area (Å²) in [7, 11) is -4.13. The first-order chi connectivity index (χ1) is 11.6. The first-order valence-electron chi connectivity index (χ1n) is 7.85. The topological polar surface area (TPSA) is 101 Å². The fourth-order valence-electron chi connectivity index (χ4n) is 2.87. The number of sulfonamides is 1. The molecule has 2 atom stereocenters. The molecule has 2 rings (SSSR count). The lowest BCUT2D eigenvalue weighted by atomic mass is 9.92. The molecule has 1 aliphatic rings. The van der Waals surface area contributed by atoms with Crippen molar-refractivity contribution in [3.8, 4) is 0 Å². The molecule has 1 aromatic carbocycles. The van der Waals surface area contributed by atoms with Crippen molar-refractivity contribution < 1.29 is 32.2 Å². The van der Waals surface area contributed by atoms with E-state index in [1.165, 1.54) is 0 Å². The molecule has 9 heteroatoms. The van der Waals surface area contributed by atoms with Gasteiger partial charge in [0.25, 0.3) is 0 Å². The molecule has 0 aromatic heterocycles. The van der Waals surface area contributed by atoms with Gasteiger partial charge < -0.3 is 9.84 Å². The van der Waals surface area contributed by atoms with E-state index < -0.39 is 38.6 Å². The van der Waals surface area contributed by atoms with Crippen molar-refractivity contribution in [2.75, 3.05) is 19.7 Å². The molecule has 7 nitrogen and oxygen atoms in total. The second-order valence-corrected chi connectivity index (χ2v) is 8.03. The molecule has 1 aliphatic heterocycles. The number of piperidine rings is 1. The fraction of sp³-hybridized carbons (Fsp3) is 0.500. The van der Waals surface area contributed by atoms with Crippen molar-refractivity contribution in [2.24, 2.45) is 11.8 Å². The lowest BCUT2D eigenvalue weighted by Gasteiger charge is -2.33. The van der Waals surface area contributed by atoms with Gasteiger partial charge in [-0.25, -0.2) is 17.6 Å². The standard InChI is InChI=1S/C16H20FNO6S/c1-3-24-16(21)11-5-13(17)7-14(6-11)25(22,23)18-8-10(2)4-12(9-18)15(19)20/h5-7,10,12H,3-4,8-9H2,1-2H3,(H,19,20). The molecule has 0 radical (unpaired) electrons. The van der Waals surface area contributed by atoms with Crippen LogP contribution in [-0.2, 0) is 19.6 Å². The Kier molecular flexibility index (Phi) is 5.79. The summed E-state index contributed by atoms with van der Waals surface area (Å²) in [5, 5.41) is 9.19. The normalized spacial score (nSPS) is 21.7. The third-order valence-electron chi connectivity index (χ3n) is 4.00. The van der Waals surface area contributed by atoms with Gasteiger partial charge in [-0.15, -0.1) is 0 Å². The summed E-state index contributed by atoms with van der Waals surface area (Å²) < 4.78 is 45.2. The molecule has 1 aromatic rings. The van der Waals surface area contributed by atoms with E-state index >= 15 is 0 Å². The van der Waals surface area contributed by atoms with Crippen LogP contribution in [0.5, 0.6) is 0 Å². The third-order valence-corrected chi connectivity index (χ3v) is 5.81. The number of hydrogen-bond donors (Lipinski definition) is 1. The Morgan fingerprint density at radius 1 is 1.32 bits per heavy atom. The van der Waals surface area contributed by atoms with Crippen LogP contribution in [-0.4, -0.2) is 49.5 Å². The van der Waals surface area contributed by atoms with Crippen molar-refractivity contribution in [3.05, 3.63) is 29.6 Å². The van der Waals surface area contributed by atoms with Gasteiger partial charge in [-0.1, -0.05) is 6.92 Å². The highest BCUT2D eigenvalue weighted by atomic mass is 32.2. The molecule has 1 heterocycles. The number of carboxylic acids is 1. The zero-order chi connectivity index (χ0) is 18.8. The number of benzene rings is 1. The smallest absolute Gasteiger partial charge is 0.338 e. The van der Waals surface area contributed by atoms with E-state index in [0.29, 0.717) is 6.42 Å². The number of carboxylic acid groups (broad SMARTS) is 1. The Labute approximate surface area is 145 Å². The molecule has 0 aliphatic carbocycles. The molecular weight excluding hydrogens is 353 g/mol. The van der Waals surface area contributed by atoms with Gasteiger partial charge in [-0.05, 0) is 37.5 Å². The third kappa shape index (κ3) is 4.35. The predicted molar refractivity (Wildman–Crippen MR) is 86.0 cm³/mol. The van der Waals surface area contributed by atoms with Crippen LogP contribution in [0.3, 0.4) is 0 Å². The van der Waals surface area contributed by atoms with Crippen LogP contribution in [0.1, 0.15) is 30.6 Å². The van der Waals surface area contributed by atoms with Crippen LogP contribution in [0, 0.1) is 17.7 Å². The van der Waals surface area contributed by atoms with Gasteiger partial charge in [-0.3, -0.25) is 4.79 Å². The lowest BCUT2D eigenvalue weighted by molar-refractivity contribution is -0.143. The van der Waals surface area contributed by atoms with Crippen molar-refractivity contribution in [2.45, 2.75) is 25.2 Å². The summed E-state index contributed by atoms with van der Waals surface area (Å²) in [6, 6.07) is 2.76. The van der Waals surface area contributed by atoms with E-state index in [2.05, 4.69) is 0 Å². The van der Waals surface area contributed by atoms with Crippen LogP contribution in [0.2, 0.25) is 0 Å². The van der Waals surface area contributed by atoms with Crippen LogP contribution in [0.4, 0.5) is 4.39 Å². The summed E-state index contributed by atoms with van der Waals surface area (Å²) in [4.78, 5) is 22.6. The van der Waals surface area contributed by atoms with Gasteiger partial charge in [0, 0.05) is 13.1 Å². The number of carbonyl (C=O) groups is 2. The average molecular weight is 373 g/mol. The first-order valence-corrected chi connectivity index (χ1v) is 9.29. The van der Waals surface area contributed by atoms with E-state index in [4.69, 9.17) is 4.74 Å². The Morgan fingerprint density at radius 3 is 2.60 bits per heavy atom. The number of rotatable bonds is 5. The summed E-state index contributed by atoms with van der Waals surface area (Å²) in [5.41, 5.74) is -0.208. The number of ether oxygens (including phenoxy) is 1. The fourth-order valence-corrected chi connectivity index (χ4v) is 4.53. The highest BCUT2D eigenvalue weighted by Gasteiger charge is 2.36. The number of aliphatic carboxylic acids is 1. The van der Waals surface area contributed by atoms with Gasteiger partial charge in [0.1, 0.15) is 5.82 Å². The number of halogens is 1. The summed E-state index contributed by atoms with van der Waals surface area (Å²) in [6.07, 6.45) is 0.374. The summed E-state index contributed by atoms with van der Waals surface area (Å²) >= 11 is 0. The van der Waals surface area contributed by atoms with E-state index in [-0.39, 0.29) is 31.2 Å². The molecule has 1 saturated heterocycles. The molecule has 0 saturated carbocycles. The van der Waals surface area contributed by atoms with Crippen molar-refractivity contribution in [1.82, 2.24) is 4.31 Å². The summed E-state index contributed by atoms with van der Waals surface area (Å²) in [5.74, 6) is -3.75. The molecule has 0 amide bonds. The van der Waals surface area contributed by atoms with E-state index in [0.717, 1.165) is 22.5 Å². The van der Waals surface area contributed by atoms with E-state index in [1.54, 1.807) is 13.8 Å². The van der Waals surface area contributed by atoms with Gasteiger partial charge in [-0.2, -0.15) is 4.31 Å². The van der Waals surface area contributed by atoms with Crippen LogP contribution in [0.25, 0.3) is 0 Å². The van der Waals surface area contributed by atoms with Crippen LogP contribution < -0.4 is 0 Å². The maximum atomic E-state index is 13.8. The SMILES string of the molecule is CCOC(=O)c1cc(F)cc(S(=O)(=O)N2CC(C)CC(C(=O)O)C2)c1. The number of hydrogen-bond acceptors (Lipinski definition) is 5. The molecular formula is C16H20FNO6S. The Balaban J connectivity index is 2.38. The Bertz CT molecular complexity index is 779. The van der Waals surface area contributed by atoms with Crippen molar-refractivity contribution in [3.63, 3.8) is 0 Å². The van der Waals surface area contributed by atoms with Crippen molar-refractivity contribution >= 4 is 22.0 Å². The molecule has 1 N–H and O–H groups in total. The molecule has 0 spiro atoms. The molecule has 138 valence electrons. The van der Waals surface area contributed by atoms with Gasteiger partial charge in [0.15, 0.2) is 0 Å². The zero-order valence-corrected chi connectivity index (χ0v) is 14.8. The highest BCUT2D eigenvalue weighted by molar-refractivity contribution is 7.89. The minimum atomic E-state index is -4.13. The van der Waals surface area contributed by atoms with E-state index in [9.17, 15) is 27.5 Å². The molecule has 0 bridgehead atoms. The first kappa shape index (κ1) is 19.3. The maximum Gasteiger partial charge on any atom is 0.338 e. The number of nitrogens with zero attached hydrogens (tertiary/aromatic N) is 1. The zero-order valence-electron chi connectivity index (χ0n) is 13.9. The maximum absolute atomic E-state index is 13.8. The average Bonchev–Trinajstić information content (AvgIpc) is 2.53. The quantitative estimate of drug-likeness (QED) is 0.789. The minimum Gasteiger partial charge on any atom is -0.481 e. The Hall–Kier alpha value is -2.00. The largest absolute Gasteiger partial charge is 0.481 e. The van der Waals surface area contributed by atoms with Crippen LogP contribution in [0.15, 0.2) is 23.1 Å². The number of carbonyl (C=O) groups excluding carboxylic acids is 1. The predicted octanol–water partition coefficient (Wildman–Crippen LogP) is 1.73. The lowest BCUT2D eigenvalue weighted by Crippen LogP contribution is -2.45. The molecule has 2 unspecified atom stereocenters. The molecule has 1 fully saturated rings. The summed E-state index contributed by atoms with van der Waals surface area (Å²) in [6.45, 7) is 3.36. The van der Waals surface area contributed by atoms with Crippen molar-refractivity contribution in [1.29, 1.82) is 0 Å². The van der Waals surface area contributed by atoms with Gasteiger partial charge >= 0.3 is 11.9 Å². The second kappa shape index (κ2) is 7.49. The highest BCUT2D eigenvalue weighted by Crippen LogP contribution is 2.28. The Morgan fingerprint density at radius 2 is 2.00 bits per heavy atom. The number of esters is 1. The van der Waals surface area contributed by atoms with Crippen LogP contribution >= 0.6 is 0 Å². The van der Waals surface area contributed by atoms with Gasteiger partial charge in [0.05, 0.1) is 23.0 Å². The second-order valence-electron chi connectivity index (χ2n) is 6.09. The van der Waals surface area contributed by atoms with Gasteiger partial charge in [0.2, 0.25) is 10.0 Å². The monoisotopic (exact) mass is 373 g/mol. The minimum absolute atomic E-state index is 0.0708.